The fourth-order valence-corrected chi connectivity index (χ4v) is 0.750. The maximum Gasteiger partial charge on any atom is 0.152 e. The third kappa shape index (κ3) is 2.04. The molecule has 58 valence electrons. The van der Waals surface area contributed by atoms with Gasteiger partial charge in [-0.15, -0.1) is 0 Å². The minimum absolute atomic E-state index is 0.0474. The number of allylic oxidation sites excluding steroid dienone is 1. The molecule has 0 bridgehead atoms. The van der Waals surface area contributed by atoms with Gasteiger partial charge in [0.15, 0.2) is 5.78 Å². The molecule has 0 aromatic carbocycles. The lowest BCUT2D eigenvalue weighted by Crippen LogP contribution is -1.92. The number of carbonyl (C=O) groups is 1. The lowest BCUT2D eigenvalue weighted by Gasteiger charge is -1.91. The van der Waals surface area contributed by atoms with Gasteiger partial charge >= 0.3 is 0 Å². The Kier molecular flexibility index (Phi) is 2.21. The van der Waals surface area contributed by atoms with Crippen LogP contribution in [0.15, 0.2) is 18.3 Å². The van der Waals surface area contributed by atoms with Crippen LogP contribution in [0.4, 0.5) is 0 Å². The number of rotatable bonds is 2. The molecule has 1 aromatic rings. The molecule has 0 unspecified atom stereocenters. The number of aromatic nitrogens is 2. The lowest BCUT2D eigenvalue weighted by atomic mass is 10.3. The van der Waals surface area contributed by atoms with Crippen molar-refractivity contribution in [2.45, 2.75) is 6.92 Å². The second-order valence-electron chi connectivity index (χ2n) is 2.32. The van der Waals surface area contributed by atoms with Crippen LogP contribution < -0.4 is 0 Å². The molecular weight excluding hydrogens is 140 g/mol. The number of ketones is 1. The quantitative estimate of drug-likeness (QED) is 0.590. The SMILES string of the molecule is CC(=O)/C=C/c1ccnn1C. The third-order valence-electron chi connectivity index (χ3n) is 1.35. The van der Waals surface area contributed by atoms with Gasteiger partial charge < -0.3 is 0 Å². The van der Waals surface area contributed by atoms with E-state index in [0.717, 1.165) is 5.69 Å². The number of aryl methyl sites for hydroxylation is 1. The Bertz CT molecular complexity index is 286. The van der Waals surface area contributed by atoms with Gasteiger partial charge in [0.25, 0.3) is 0 Å². The Morgan fingerprint density at radius 1 is 1.73 bits per heavy atom. The summed E-state index contributed by atoms with van der Waals surface area (Å²) >= 11 is 0. The van der Waals surface area contributed by atoms with Crippen molar-refractivity contribution in [3.63, 3.8) is 0 Å². The molecule has 0 amide bonds. The molecule has 0 atom stereocenters. The average Bonchev–Trinajstić information content (AvgIpc) is 2.31. The molecule has 0 saturated heterocycles. The van der Waals surface area contributed by atoms with Gasteiger partial charge in [-0.25, -0.2) is 0 Å². The summed E-state index contributed by atoms with van der Waals surface area (Å²) in [5, 5.41) is 3.95. The fraction of sp³-hybridized carbons (Fsp3) is 0.250. The molecule has 0 N–H and O–H groups in total. The zero-order chi connectivity index (χ0) is 8.27. The zero-order valence-electron chi connectivity index (χ0n) is 6.61. The molecule has 1 rings (SSSR count). The van der Waals surface area contributed by atoms with Crippen LogP contribution >= 0.6 is 0 Å². The van der Waals surface area contributed by atoms with Crippen LogP contribution in [0.2, 0.25) is 0 Å². The molecule has 3 nitrogen and oxygen atoms in total. The molecule has 0 spiro atoms. The smallest absolute Gasteiger partial charge is 0.152 e. The fourth-order valence-electron chi connectivity index (χ4n) is 0.750. The van der Waals surface area contributed by atoms with Crippen molar-refractivity contribution in [1.29, 1.82) is 0 Å². The molecule has 0 aliphatic rings. The summed E-state index contributed by atoms with van der Waals surface area (Å²) in [4.78, 5) is 10.5. The third-order valence-corrected chi connectivity index (χ3v) is 1.35. The Balaban J connectivity index is 2.79. The number of nitrogens with zero attached hydrogens (tertiary/aromatic N) is 2. The highest BCUT2D eigenvalue weighted by Gasteiger charge is 1.91. The minimum atomic E-state index is 0.0474. The summed E-state index contributed by atoms with van der Waals surface area (Å²) in [5.41, 5.74) is 0.931. The molecule has 0 saturated carbocycles. The van der Waals surface area contributed by atoms with E-state index in [1.165, 1.54) is 13.0 Å². The summed E-state index contributed by atoms with van der Waals surface area (Å²) in [6.45, 7) is 1.52. The van der Waals surface area contributed by atoms with Gasteiger partial charge in [-0.05, 0) is 25.1 Å². The van der Waals surface area contributed by atoms with Crippen LogP contribution in [-0.4, -0.2) is 15.6 Å². The predicted molar refractivity (Wildman–Crippen MR) is 42.9 cm³/mol. The van der Waals surface area contributed by atoms with E-state index in [9.17, 15) is 4.79 Å². The van der Waals surface area contributed by atoms with Crippen molar-refractivity contribution in [2.24, 2.45) is 7.05 Å². The Morgan fingerprint density at radius 2 is 2.45 bits per heavy atom. The first-order chi connectivity index (χ1) is 5.20. The summed E-state index contributed by atoms with van der Waals surface area (Å²) in [5.74, 6) is 0.0474. The van der Waals surface area contributed by atoms with Crippen molar-refractivity contribution >= 4 is 11.9 Å². The zero-order valence-corrected chi connectivity index (χ0v) is 6.61. The highest BCUT2D eigenvalue weighted by Crippen LogP contribution is 1.98. The minimum Gasteiger partial charge on any atom is -0.295 e. The molecule has 1 heterocycles. The monoisotopic (exact) mass is 150 g/mol. The topological polar surface area (TPSA) is 34.9 Å². The molecule has 0 radical (unpaired) electrons. The van der Waals surface area contributed by atoms with Crippen LogP contribution in [0.3, 0.4) is 0 Å². The molecule has 11 heavy (non-hydrogen) atoms. The maximum absolute atomic E-state index is 10.5. The van der Waals surface area contributed by atoms with E-state index < -0.39 is 0 Å². The Morgan fingerprint density at radius 3 is 2.91 bits per heavy atom. The van der Waals surface area contributed by atoms with E-state index >= 15 is 0 Å². The maximum atomic E-state index is 10.5. The van der Waals surface area contributed by atoms with Gasteiger partial charge in [0.05, 0.1) is 5.69 Å². The van der Waals surface area contributed by atoms with E-state index in [4.69, 9.17) is 0 Å². The second kappa shape index (κ2) is 3.14. The van der Waals surface area contributed by atoms with Gasteiger partial charge in [-0.2, -0.15) is 5.10 Å². The van der Waals surface area contributed by atoms with Crippen molar-refractivity contribution in [3.05, 3.63) is 24.0 Å². The summed E-state index contributed by atoms with van der Waals surface area (Å²) in [6, 6.07) is 1.85. The first kappa shape index (κ1) is 7.72. The summed E-state index contributed by atoms with van der Waals surface area (Å²) in [6.07, 6.45) is 4.96. The molecule has 0 aliphatic carbocycles. The van der Waals surface area contributed by atoms with E-state index in [2.05, 4.69) is 5.10 Å². The Labute approximate surface area is 65.3 Å². The van der Waals surface area contributed by atoms with Crippen molar-refractivity contribution in [2.75, 3.05) is 0 Å². The van der Waals surface area contributed by atoms with Gasteiger partial charge in [0, 0.05) is 13.2 Å². The van der Waals surface area contributed by atoms with Crippen LogP contribution in [0.1, 0.15) is 12.6 Å². The van der Waals surface area contributed by atoms with Crippen LogP contribution in [0.5, 0.6) is 0 Å². The van der Waals surface area contributed by atoms with Crippen molar-refractivity contribution in [1.82, 2.24) is 9.78 Å². The highest BCUT2D eigenvalue weighted by molar-refractivity contribution is 5.91. The molecular formula is C8H10N2O. The number of hydrogen-bond acceptors (Lipinski definition) is 2. The van der Waals surface area contributed by atoms with Crippen LogP contribution in [-0.2, 0) is 11.8 Å². The van der Waals surface area contributed by atoms with E-state index in [1.807, 2.05) is 13.1 Å². The first-order valence-corrected chi connectivity index (χ1v) is 3.37. The summed E-state index contributed by atoms with van der Waals surface area (Å²) in [7, 11) is 1.83. The van der Waals surface area contributed by atoms with Crippen LogP contribution in [0, 0.1) is 0 Å². The van der Waals surface area contributed by atoms with E-state index in [1.54, 1.807) is 17.0 Å². The normalized spacial score (nSPS) is 10.7. The average molecular weight is 150 g/mol. The second-order valence-corrected chi connectivity index (χ2v) is 2.32. The largest absolute Gasteiger partial charge is 0.295 e. The van der Waals surface area contributed by atoms with Gasteiger partial charge in [0.2, 0.25) is 0 Å². The summed E-state index contributed by atoms with van der Waals surface area (Å²) < 4.78 is 1.71. The standard InChI is InChI=1S/C8H10N2O/c1-7(11)3-4-8-5-6-9-10(8)2/h3-6H,1-2H3/b4-3+. The Hall–Kier alpha value is -1.38. The molecule has 0 fully saturated rings. The van der Waals surface area contributed by atoms with Crippen molar-refractivity contribution < 1.29 is 4.79 Å². The highest BCUT2D eigenvalue weighted by atomic mass is 16.1. The lowest BCUT2D eigenvalue weighted by molar-refractivity contribution is -0.112. The van der Waals surface area contributed by atoms with Gasteiger partial charge in [-0.1, -0.05) is 0 Å². The van der Waals surface area contributed by atoms with E-state index in [0.29, 0.717) is 0 Å². The van der Waals surface area contributed by atoms with Gasteiger partial charge in [-0.3, -0.25) is 9.48 Å². The molecule has 3 heteroatoms. The molecule has 1 aromatic heterocycles. The van der Waals surface area contributed by atoms with Crippen LogP contribution in [0.25, 0.3) is 6.08 Å². The predicted octanol–water partition coefficient (Wildman–Crippen LogP) is 1.02. The number of hydrogen-bond donors (Lipinski definition) is 0. The van der Waals surface area contributed by atoms with E-state index in [-0.39, 0.29) is 5.78 Å². The number of carbonyl (C=O) groups excluding carboxylic acids is 1. The first-order valence-electron chi connectivity index (χ1n) is 3.37. The van der Waals surface area contributed by atoms with Gasteiger partial charge in [0.1, 0.15) is 0 Å². The molecule has 0 aliphatic heterocycles. The van der Waals surface area contributed by atoms with Crippen molar-refractivity contribution in [3.8, 4) is 0 Å².